The Bertz CT molecular complexity index is 312. The van der Waals surface area contributed by atoms with E-state index in [2.05, 4.69) is 37.7 Å². The zero-order valence-corrected chi connectivity index (χ0v) is 10.6. The Hall–Kier alpha value is -0.640. The maximum atomic E-state index is 4.39. The van der Waals surface area contributed by atoms with Gasteiger partial charge in [0.1, 0.15) is 10.4 Å². The fourth-order valence-corrected chi connectivity index (χ4v) is 2.28. The second-order valence-corrected chi connectivity index (χ2v) is 4.87. The van der Waals surface area contributed by atoms with E-state index >= 15 is 0 Å². The second-order valence-electron chi connectivity index (χ2n) is 4.06. The fourth-order valence-electron chi connectivity index (χ4n) is 2.08. The first-order valence-corrected chi connectivity index (χ1v) is 6.31. The molecule has 0 N–H and O–H groups in total. The molecular weight excluding hydrogens is 254 g/mol. The summed E-state index contributed by atoms with van der Waals surface area (Å²) in [5.74, 6) is 1.83. The van der Waals surface area contributed by atoms with Crippen molar-refractivity contribution in [3.05, 3.63) is 17.0 Å². The Kier molecular flexibility index (Phi) is 3.57. The molecule has 1 aliphatic heterocycles. The first kappa shape index (κ1) is 10.9. The Morgan fingerprint density at radius 1 is 1.47 bits per heavy atom. The Balaban J connectivity index is 2.06. The maximum absolute atomic E-state index is 4.39. The molecule has 1 aliphatic rings. The molecule has 1 atom stereocenters. The number of halogens is 1. The summed E-state index contributed by atoms with van der Waals surface area (Å²) in [6.45, 7) is 4.51. The minimum atomic E-state index is 0.801. The Morgan fingerprint density at radius 3 is 3.00 bits per heavy atom. The number of nitrogens with zero attached hydrogens (tertiary/aromatic N) is 3. The molecule has 0 bridgehead atoms. The van der Waals surface area contributed by atoms with E-state index in [1.807, 2.05) is 6.20 Å². The van der Waals surface area contributed by atoms with Crippen molar-refractivity contribution in [1.82, 2.24) is 9.97 Å². The van der Waals surface area contributed by atoms with Gasteiger partial charge in [-0.25, -0.2) is 9.97 Å². The van der Waals surface area contributed by atoms with E-state index in [-0.39, 0.29) is 0 Å². The quantitative estimate of drug-likeness (QED) is 0.827. The SMILES string of the molecule is CCC1CCCN(c2cnc(Br)cn2)C1. The van der Waals surface area contributed by atoms with Crippen molar-refractivity contribution in [3.63, 3.8) is 0 Å². The lowest BCUT2D eigenvalue weighted by Crippen LogP contribution is -2.35. The predicted octanol–water partition coefficient (Wildman–Crippen LogP) is 2.87. The van der Waals surface area contributed by atoms with Crippen molar-refractivity contribution in [2.45, 2.75) is 26.2 Å². The zero-order valence-electron chi connectivity index (χ0n) is 8.99. The molecule has 2 heterocycles. The van der Waals surface area contributed by atoms with Gasteiger partial charge in [-0.1, -0.05) is 13.3 Å². The van der Waals surface area contributed by atoms with Crippen molar-refractivity contribution in [1.29, 1.82) is 0 Å². The molecule has 15 heavy (non-hydrogen) atoms. The van der Waals surface area contributed by atoms with Crippen LogP contribution in [0.25, 0.3) is 0 Å². The maximum Gasteiger partial charge on any atom is 0.147 e. The summed E-state index contributed by atoms with van der Waals surface area (Å²) in [5, 5.41) is 0. The highest BCUT2D eigenvalue weighted by Gasteiger charge is 2.19. The number of anilines is 1. The molecule has 4 heteroatoms. The lowest BCUT2D eigenvalue weighted by molar-refractivity contribution is 0.403. The lowest BCUT2D eigenvalue weighted by atomic mass is 9.96. The Morgan fingerprint density at radius 2 is 2.33 bits per heavy atom. The van der Waals surface area contributed by atoms with Gasteiger partial charge < -0.3 is 4.90 Å². The summed E-state index contributed by atoms with van der Waals surface area (Å²) < 4.78 is 0.801. The third kappa shape index (κ3) is 2.68. The molecule has 3 nitrogen and oxygen atoms in total. The average molecular weight is 270 g/mol. The minimum Gasteiger partial charge on any atom is -0.355 e. The first-order chi connectivity index (χ1) is 7.29. The van der Waals surface area contributed by atoms with Crippen LogP contribution in [0.15, 0.2) is 17.0 Å². The minimum absolute atomic E-state index is 0.801. The van der Waals surface area contributed by atoms with Crippen LogP contribution < -0.4 is 4.90 Å². The van der Waals surface area contributed by atoms with Crippen LogP contribution in [-0.4, -0.2) is 23.1 Å². The standard InChI is InChI=1S/C11H16BrN3/c1-2-9-4-3-5-15(8-9)11-7-13-10(12)6-14-11/h6-7,9H,2-5,8H2,1H3. The van der Waals surface area contributed by atoms with Crippen molar-refractivity contribution < 1.29 is 0 Å². The largest absolute Gasteiger partial charge is 0.355 e. The molecule has 0 aromatic carbocycles. The van der Waals surface area contributed by atoms with Crippen molar-refractivity contribution in [3.8, 4) is 0 Å². The summed E-state index contributed by atoms with van der Waals surface area (Å²) >= 11 is 3.30. The van der Waals surface area contributed by atoms with Gasteiger partial charge in [-0.15, -0.1) is 0 Å². The molecule has 1 unspecified atom stereocenters. The van der Waals surface area contributed by atoms with Crippen LogP contribution in [0, 0.1) is 5.92 Å². The predicted molar refractivity (Wildman–Crippen MR) is 65.0 cm³/mol. The van der Waals surface area contributed by atoms with Gasteiger partial charge in [0.05, 0.1) is 12.4 Å². The van der Waals surface area contributed by atoms with Gasteiger partial charge in [0, 0.05) is 13.1 Å². The lowest BCUT2D eigenvalue weighted by Gasteiger charge is -2.32. The van der Waals surface area contributed by atoms with E-state index in [4.69, 9.17) is 0 Å². The van der Waals surface area contributed by atoms with Crippen LogP contribution in [-0.2, 0) is 0 Å². The fraction of sp³-hybridized carbons (Fsp3) is 0.636. The van der Waals surface area contributed by atoms with E-state index in [9.17, 15) is 0 Å². The summed E-state index contributed by atoms with van der Waals surface area (Å²) in [6, 6.07) is 0. The molecule has 0 saturated carbocycles. The van der Waals surface area contributed by atoms with Gasteiger partial charge in [0.25, 0.3) is 0 Å². The van der Waals surface area contributed by atoms with E-state index in [1.54, 1.807) is 6.20 Å². The van der Waals surface area contributed by atoms with Crippen LogP contribution in [0.1, 0.15) is 26.2 Å². The van der Waals surface area contributed by atoms with E-state index in [0.717, 1.165) is 29.4 Å². The number of hydrogen-bond acceptors (Lipinski definition) is 3. The summed E-state index contributed by atoms with van der Waals surface area (Å²) in [4.78, 5) is 10.9. The number of piperidine rings is 1. The smallest absolute Gasteiger partial charge is 0.147 e. The topological polar surface area (TPSA) is 29.0 Å². The van der Waals surface area contributed by atoms with E-state index in [1.165, 1.54) is 19.3 Å². The molecule has 82 valence electrons. The summed E-state index contributed by atoms with van der Waals surface area (Å²) in [5.41, 5.74) is 0. The zero-order chi connectivity index (χ0) is 10.7. The van der Waals surface area contributed by atoms with Gasteiger partial charge in [0.2, 0.25) is 0 Å². The molecule has 1 saturated heterocycles. The third-order valence-corrected chi connectivity index (χ3v) is 3.44. The molecule has 0 spiro atoms. The van der Waals surface area contributed by atoms with Gasteiger partial charge >= 0.3 is 0 Å². The average Bonchev–Trinajstić information content (AvgIpc) is 2.30. The van der Waals surface area contributed by atoms with Gasteiger partial charge in [-0.2, -0.15) is 0 Å². The van der Waals surface area contributed by atoms with Crippen LogP contribution >= 0.6 is 15.9 Å². The molecule has 0 radical (unpaired) electrons. The normalized spacial score (nSPS) is 21.7. The van der Waals surface area contributed by atoms with Gasteiger partial charge in [-0.3, -0.25) is 0 Å². The summed E-state index contributed by atoms with van der Waals surface area (Å²) in [6.07, 6.45) is 7.51. The third-order valence-electron chi connectivity index (χ3n) is 3.03. The number of hydrogen-bond donors (Lipinski definition) is 0. The van der Waals surface area contributed by atoms with Crippen LogP contribution in [0.2, 0.25) is 0 Å². The first-order valence-electron chi connectivity index (χ1n) is 5.52. The molecule has 2 rings (SSSR count). The highest BCUT2D eigenvalue weighted by atomic mass is 79.9. The number of aromatic nitrogens is 2. The molecular formula is C11H16BrN3. The summed E-state index contributed by atoms with van der Waals surface area (Å²) in [7, 11) is 0. The molecule has 1 fully saturated rings. The molecule has 1 aromatic heterocycles. The second kappa shape index (κ2) is 4.92. The van der Waals surface area contributed by atoms with Crippen LogP contribution in [0.4, 0.5) is 5.82 Å². The Labute approximate surface area is 99.0 Å². The van der Waals surface area contributed by atoms with Crippen LogP contribution in [0.5, 0.6) is 0 Å². The molecule has 1 aromatic rings. The highest BCUT2D eigenvalue weighted by molar-refractivity contribution is 9.10. The van der Waals surface area contributed by atoms with Crippen molar-refractivity contribution in [2.24, 2.45) is 5.92 Å². The van der Waals surface area contributed by atoms with Crippen molar-refractivity contribution >= 4 is 21.7 Å². The molecule has 0 aliphatic carbocycles. The highest BCUT2D eigenvalue weighted by Crippen LogP contribution is 2.23. The van der Waals surface area contributed by atoms with Gasteiger partial charge in [-0.05, 0) is 34.7 Å². The van der Waals surface area contributed by atoms with Gasteiger partial charge in [0.15, 0.2) is 0 Å². The van der Waals surface area contributed by atoms with Crippen LogP contribution in [0.3, 0.4) is 0 Å². The molecule has 0 amide bonds. The van der Waals surface area contributed by atoms with Crippen molar-refractivity contribution in [2.75, 3.05) is 18.0 Å². The van der Waals surface area contributed by atoms with E-state index in [0.29, 0.717) is 0 Å². The number of rotatable bonds is 2. The van der Waals surface area contributed by atoms with E-state index < -0.39 is 0 Å². The monoisotopic (exact) mass is 269 g/mol.